The summed E-state index contributed by atoms with van der Waals surface area (Å²) in [5, 5.41) is 1.32. The predicted octanol–water partition coefficient (Wildman–Crippen LogP) is 4.34. The predicted molar refractivity (Wildman–Crippen MR) is 138 cm³/mol. The maximum atomic E-state index is 13.7. The van der Waals surface area contributed by atoms with Gasteiger partial charge in [0.1, 0.15) is 11.6 Å². The van der Waals surface area contributed by atoms with E-state index in [1.165, 1.54) is 26.1 Å². The fourth-order valence-electron chi connectivity index (χ4n) is 5.47. The highest BCUT2D eigenvalue weighted by Gasteiger charge is 2.52. The zero-order valence-electron chi connectivity index (χ0n) is 20.3. The number of piperazine rings is 2. The van der Waals surface area contributed by atoms with Crippen LogP contribution in [-0.4, -0.2) is 64.3 Å². The molecule has 1 unspecified atom stereocenters. The molecule has 0 bridgehead atoms. The molecule has 0 radical (unpaired) electrons. The molecule has 2 aliphatic heterocycles. The van der Waals surface area contributed by atoms with Crippen molar-refractivity contribution in [2.45, 2.75) is 51.7 Å². The molecule has 1 atom stereocenters. The van der Waals surface area contributed by atoms with Gasteiger partial charge in [-0.3, -0.25) is 14.5 Å². The number of thiophene rings is 1. The Labute approximate surface area is 206 Å². The maximum absolute atomic E-state index is 13.7. The van der Waals surface area contributed by atoms with E-state index >= 15 is 0 Å². The molecule has 2 aromatic carbocycles. The molecule has 1 aromatic heterocycles. The number of fused-ring (bicyclic) bond motifs is 2. The number of rotatable bonds is 6. The van der Waals surface area contributed by atoms with Gasteiger partial charge in [0.2, 0.25) is 11.8 Å². The number of amides is 2. The Kier molecular flexibility index (Phi) is 6.21. The van der Waals surface area contributed by atoms with Gasteiger partial charge < -0.3 is 9.80 Å². The first-order valence-corrected chi connectivity index (χ1v) is 13.1. The van der Waals surface area contributed by atoms with Crippen molar-refractivity contribution in [2.75, 3.05) is 26.2 Å². The number of nitrogens with zero attached hydrogens (tertiary/aromatic N) is 3. The molecule has 34 heavy (non-hydrogen) atoms. The molecule has 0 spiro atoms. The lowest BCUT2D eigenvalue weighted by Gasteiger charge is -2.52. The number of hydrogen-bond donors (Lipinski definition) is 0. The van der Waals surface area contributed by atoms with E-state index in [1.54, 1.807) is 0 Å². The van der Waals surface area contributed by atoms with Crippen molar-refractivity contribution in [3.63, 3.8) is 0 Å². The summed E-state index contributed by atoms with van der Waals surface area (Å²) >= 11 is 1.87. The highest BCUT2D eigenvalue weighted by Crippen LogP contribution is 2.34. The molecule has 5 nitrogen and oxygen atoms in total. The summed E-state index contributed by atoms with van der Waals surface area (Å²) in [5.41, 5.74) is 1.75. The molecule has 6 heteroatoms. The summed E-state index contributed by atoms with van der Waals surface area (Å²) in [7, 11) is 0. The summed E-state index contributed by atoms with van der Waals surface area (Å²) in [4.78, 5) is 34.6. The first-order valence-electron chi connectivity index (χ1n) is 12.3. The van der Waals surface area contributed by atoms with E-state index in [2.05, 4.69) is 48.2 Å². The molecule has 5 rings (SSSR count). The lowest BCUT2D eigenvalue weighted by atomic mass is 9.91. The minimum atomic E-state index is -0.816. The Balaban J connectivity index is 1.36. The lowest BCUT2D eigenvalue weighted by Crippen LogP contribution is -2.73. The molecular weight excluding hydrogens is 442 g/mol. The zero-order valence-corrected chi connectivity index (χ0v) is 21.1. The quantitative estimate of drug-likeness (QED) is 0.533. The third-order valence-electron chi connectivity index (χ3n) is 7.43. The van der Waals surface area contributed by atoms with E-state index in [-0.39, 0.29) is 11.8 Å². The number of aryl methyl sites for hydroxylation is 1. The van der Waals surface area contributed by atoms with Crippen LogP contribution >= 0.6 is 11.3 Å². The van der Waals surface area contributed by atoms with E-state index in [1.807, 2.05) is 53.2 Å². The van der Waals surface area contributed by atoms with Crippen molar-refractivity contribution in [3.8, 4) is 0 Å². The Bertz CT molecular complexity index is 1200. The van der Waals surface area contributed by atoms with Gasteiger partial charge >= 0.3 is 0 Å². The molecule has 2 saturated heterocycles. The minimum Gasteiger partial charge on any atom is -0.326 e. The standard InChI is InChI=1S/C28H33N3O2S/c1-4-24-22(21-12-8-9-13-25(21)34-24)18-29-16-17-30-23(19-29)26(32)31(28(2,3)27(30)33)15-14-20-10-6-5-7-11-20/h5-13,23H,4,14-19H2,1-3H3. The monoisotopic (exact) mass is 475 g/mol. The van der Waals surface area contributed by atoms with Gasteiger partial charge in [0, 0.05) is 42.3 Å². The molecule has 0 N–H and O–H groups in total. The second-order valence-corrected chi connectivity index (χ2v) is 11.0. The van der Waals surface area contributed by atoms with Crippen LogP contribution in [0, 0.1) is 0 Å². The number of carbonyl (C=O) groups is 2. The van der Waals surface area contributed by atoms with Gasteiger partial charge in [0.15, 0.2) is 0 Å². The van der Waals surface area contributed by atoms with Crippen molar-refractivity contribution in [3.05, 3.63) is 70.6 Å². The second kappa shape index (κ2) is 9.16. The van der Waals surface area contributed by atoms with Crippen LogP contribution < -0.4 is 0 Å². The molecule has 3 aromatic rings. The van der Waals surface area contributed by atoms with E-state index in [0.29, 0.717) is 19.6 Å². The van der Waals surface area contributed by atoms with Crippen molar-refractivity contribution in [2.24, 2.45) is 0 Å². The van der Waals surface area contributed by atoms with Crippen molar-refractivity contribution in [1.82, 2.24) is 14.7 Å². The van der Waals surface area contributed by atoms with Gasteiger partial charge in [-0.1, -0.05) is 55.5 Å². The SMILES string of the molecule is CCc1sc2ccccc2c1CN1CCN2C(=O)C(C)(C)N(CCc3ccccc3)C(=O)C2C1. The fraction of sp³-hybridized carbons (Fsp3) is 0.429. The van der Waals surface area contributed by atoms with Crippen LogP contribution in [0.3, 0.4) is 0 Å². The highest BCUT2D eigenvalue weighted by molar-refractivity contribution is 7.19. The molecule has 0 saturated carbocycles. The van der Waals surface area contributed by atoms with Crippen LogP contribution in [0.2, 0.25) is 0 Å². The van der Waals surface area contributed by atoms with Crippen LogP contribution in [0.5, 0.6) is 0 Å². The molecule has 2 amide bonds. The molecule has 2 aliphatic rings. The Morgan fingerprint density at radius 3 is 2.50 bits per heavy atom. The van der Waals surface area contributed by atoms with Gasteiger partial charge in [0.25, 0.3) is 0 Å². The summed E-state index contributed by atoms with van der Waals surface area (Å²) < 4.78 is 1.32. The molecule has 0 aliphatic carbocycles. The Morgan fingerprint density at radius 2 is 1.74 bits per heavy atom. The average Bonchev–Trinajstić information content (AvgIpc) is 3.21. The Hall–Kier alpha value is -2.70. The highest BCUT2D eigenvalue weighted by atomic mass is 32.1. The van der Waals surface area contributed by atoms with Gasteiger partial charge in [0.05, 0.1) is 0 Å². The smallest absolute Gasteiger partial charge is 0.248 e. The van der Waals surface area contributed by atoms with Gasteiger partial charge in [-0.25, -0.2) is 0 Å². The minimum absolute atomic E-state index is 0.0695. The van der Waals surface area contributed by atoms with Crippen molar-refractivity contribution in [1.29, 1.82) is 0 Å². The molecule has 3 heterocycles. The number of hydrogen-bond acceptors (Lipinski definition) is 4. The van der Waals surface area contributed by atoms with Crippen LogP contribution in [-0.2, 0) is 29.0 Å². The zero-order chi connectivity index (χ0) is 23.9. The third-order valence-corrected chi connectivity index (χ3v) is 8.78. The number of benzene rings is 2. The molecule has 2 fully saturated rings. The van der Waals surface area contributed by atoms with Crippen LogP contribution in [0.4, 0.5) is 0 Å². The largest absolute Gasteiger partial charge is 0.326 e. The van der Waals surface area contributed by atoms with Crippen LogP contribution in [0.15, 0.2) is 54.6 Å². The van der Waals surface area contributed by atoms with E-state index in [9.17, 15) is 9.59 Å². The summed E-state index contributed by atoms with van der Waals surface area (Å²) in [6.45, 7) is 9.38. The first kappa shape index (κ1) is 23.1. The second-order valence-electron chi connectivity index (χ2n) is 9.89. The van der Waals surface area contributed by atoms with E-state index in [4.69, 9.17) is 0 Å². The normalized spacial score (nSPS) is 20.7. The topological polar surface area (TPSA) is 43.9 Å². The summed E-state index contributed by atoms with van der Waals surface area (Å²) in [6, 6.07) is 18.4. The summed E-state index contributed by atoms with van der Waals surface area (Å²) in [6.07, 6.45) is 1.76. The lowest BCUT2D eigenvalue weighted by molar-refractivity contribution is -0.172. The maximum Gasteiger partial charge on any atom is 0.248 e. The van der Waals surface area contributed by atoms with E-state index in [0.717, 1.165) is 25.9 Å². The average molecular weight is 476 g/mol. The van der Waals surface area contributed by atoms with Gasteiger partial charge in [-0.15, -0.1) is 11.3 Å². The molecule has 178 valence electrons. The first-order chi connectivity index (χ1) is 16.4. The number of carbonyl (C=O) groups excluding carboxylic acids is 2. The van der Waals surface area contributed by atoms with Crippen LogP contribution in [0.1, 0.15) is 36.8 Å². The summed E-state index contributed by atoms with van der Waals surface area (Å²) in [5.74, 6) is 0.149. The van der Waals surface area contributed by atoms with Crippen molar-refractivity contribution >= 4 is 33.2 Å². The molecular formula is C28H33N3O2S. The van der Waals surface area contributed by atoms with Crippen molar-refractivity contribution < 1.29 is 9.59 Å². The fourth-order valence-corrected chi connectivity index (χ4v) is 6.62. The van der Waals surface area contributed by atoms with E-state index < -0.39 is 11.6 Å². The van der Waals surface area contributed by atoms with Gasteiger partial charge in [-0.05, 0) is 49.3 Å². The van der Waals surface area contributed by atoms with Gasteiger partial charge in [-0.2, -0.15) is 0 Å². The van der Waals surface area contributed by atoms with Crippen LogP contribution in [0.25, 0.3) is 10.1 Å². The third kappa shape index (κ3) is 4.03. The Morgan fingerprint density at radius 1 is 1.00 bits per heavy atom.